The number of thiophene rings is 1. The van der Waals surface area contributed by atoms with Crippen molar-refractivity contribution in [2.45, 2.75) is 65.4 Å². The number of hydrogen-bond donors (Lipinski definition) is 3. The maximum atomic E-state index is 12.3. The molecular weight excluding hydrogens is 366 g/mol. The van der Waals surface area contributed by atoms with Crippen LogP contribution in [0.3, 0.4) is 0 Å². The van der Waals surface area contributed by atoms with Crippen LogP contribution in [0.4, 0.5) is 4.79 Å². The van der Waals surface area contributed by atoms with Gasteiger partial charge in [0.05, 0.1) is 4.88 Å². The van der Waals surface area contributed by atoms with Gasteiger partial charge in [0.15, 0.2) is 0 Å². The van der Waals surface area contributed by atoms with Crippen LogP contribution in [0.1, 0.15) is 67.1 Å². The Morgan fingerprint density at radius 2 is 2.00 bits per heavy atom. The fourth-order valence-corrected chi connectivity index (χ4v) is 4.01. The Morgan fingerprint density at radius 3 is 2.67 bits per heavy atom. The molecular formula is C19H29N3O4S. The minimum absolute atomic E-state index is 0.0403. The molecule has 0 aliphatic heterocycles. The number of amides is 3. The van der Waals surface area contributed by atoms with Gasteiger partial charge >= 0.3 is 6.09 Å². The van der Waals surface area contributed by atoms with E-state index in [9.17, 15) is 14.4 Å². The molecule has 2 rings (SSSR count). The molecule has 0 unspecified atom stereocenters. The van der Waals surface area contributed by atoms with E-state index in [0.29, 0.717) is 10.8 Å². The van der Waals surface area contributed by atoms with Crippen LogP contribution in [0.25, 0.3) is 0 Å². The predicted octanol–water partition coefficient (Wildman–Crippen LogP) is 2.94. The average molecular weight is 396 g/mol. The molecule has 0 spiro atoms. The molecule has 0 bridgehead atoms. The highest BCUT2D eigenvalue weighted by Crippen LogP contribution is 2.33. The second-order valence-electron chi connectivity index (χ2n) is 7.76. The van der Waals surface area contributed by atoms with Gasteiger partial charge in [0, 0.05) is 17.8 Å². The van der Waals surface area contributed by atoms with E-state index in [-0.39, 0.29) is 24.8 Å². The van der Waals surface area contributed by atoms with Crippen LogP contribution in [0.15, 0.2) is 6.07 Å². The number of ether oxygens (including phenoxy) is 1. The molecule has 0 saturated carbocycles. The van der Waals surface area contributed by atoms with Crippen molar-refractivity contribution < 1.29 is 19.1 Å². The number of carbonyl (C=O) groups is 3. The molecule has 7 nitrogen and oxygen atoms in total. The molecule has 8 heteroatoms. The highest BCUT2D eigenvalue weighted by molar-refractivity contribution is 7.14. The smallest absolute Gasteiger partial charge is 0.407 e. The van der Waals surface area contributed by atoms with Gasteiger partial charge < -0.3 is 10.1 Å². The zero-order valence-electron chi connectivity index (χ0n) is 16.4. The molecule has 3 amide bonds. The van der Waals surface area contributed by atoms with E-state index in [1.54, 1.807) is 20.8 Å². The number of alkyl carbamates (subject to hydrolysis) is 1. The molecule has 1 aromatic heterocycles. The molecule has 27 heavy (non-hydrogen) atoms. The van der Waals surface area contributed by atoms with Crippen LogP contribution in [0, 0.1) is 5.92 Å². The van der Waals surface area contributed by atoms with Crippen LogP contribution < -0.4 is 16.2 Å². The number of carbonyl (C=O) groups excluding carboxylic acids is 3. The average Bonchev–Trinajstić information content (AvgIpc) is 3.01. The van der Waals surface area contributed by atoms with Gasteiger partial charge in [-0.2, -0.15) is 0 Å². The predicted molar refractivity (Wildman–Crippen MR) is 105 cm³/mol. The second-order valence-corrected chi connectivity index (χ2v) is 8.89. The third kappa shape index (κ3) is 6.86. The van der Waals surface area contributed by atoms with Crippen molar-refractivity contribution in [3.8, 4) is 0 Å². The second kappa shape index (κ2) is 9.21. The number of aryl methyl sites for hydroxylation is 1. The summed E-state index contributed by atoms with van der Waals surface area (Å²) in [4.78, 5) is 37.4. The Labute approximate surface area is 164 Å². The Kier molecular flexibility index (Phi) is 7.24. The van der Waals surface area contributed by atoms with Gasteiger partial charge in [0.1, 0.15) is 5.60 Å². The number of hydrogen-bond acceptors (Lipinski definition) is 5. The van der Waals surface area contributed by atoms with Gasteiger partial charge in [-0.15, -0.1) is 11.3 Å². The lowest BCUT2D eigenvalue weighted by atomic mass is 9.87. The SMILES string of the molecule is CC[C@@H]1CCc2sc(C(=O)NNC(=O)CCNC(=O)OC(C)(C)C)cc2C1. The molecule has 150 valence electrons. The fraction of sp³-hybridized carbons (Fsp3) is 0.632. The number of fused-ring (bicyclic) bond motifs is 1. The summed E-state index contributed by atoms with van der Waals surface area (Å²) in [7, 11) is 0. The fourth-order valence-electron chi connectivity index (χ4n) is 2.90. The lowest BCUT2D eigenvalue weighted by molar-refractivity contribution is -0.121. The molecule has 1 aliphatic carbocycles. The quantitative estimate of drug-likeness (QED) is 0.668. The summed E-state index contributed by atoms with van der Waals surface area (Å²) in [5.74, 6) is 0.00265. The van der Waals surface area contributed by atoms with Crippen LogP contribution >= 0.6 is 11.3 Å². The first-order chi connectivity index (χ1) is 12.7. The number of nitrogens with one attached hydrogen (secondary N) is 3. The third-order valence-corrected chi connectivity index (χ3v) is 5.56. The third-order valence-electron chi connectivity index (χ3n) is 4.32. The zero-order valence-corrected chi connectivity index (χ0v) is 17.3. The Hall–Kier alpha value is -2.09. The minimum Gasteiger partial charge on any atom is -0.444 e. The van der Waals surface area contributed by atoms with Crippen molar-refractivity contribution in [1.82, 2.24) is 16.2 Å². The summed E-state index contributed by atoms with van der Waals surface area (Å²) < 4.78 is 5.08. The summed E-state index contributed by atoms with van der Waals surface area (Å²) in [6.07, 6.45) is 3.84. The topological polar surface area (TPSA) is 96.5 Å². The van der Waals surface area contributed by atoms with E-state index in [0.717, 1.165) is 19.3 Å². The molecule has 3 N–H and O–H groups in total. The molecule has 1 aliphatic rings. The number of hydrazine groups is 1. The van der Waals surface area contributed by atoms with E-state index in [4.69, 9.17) is 4.74 Å². The summed E-state index contributed by atoms with van der Waals surface area (Å²) >= 11 is 1.50. The first-order valence-electron chi connectivity index (χ1n) is 9.35. The molecule has 1 aromatic rings. The van der Waals surface area contributed by atoms with E-state index in [2.05, 4.69) is 23.1 Å². The lowest BCUT2D eigenvalue weighted by Crippen LogP contribution is -2.42. The number of rotatable bonds is 5. The molecule has 0 fully saturated rings. The largest absolute Gasteiger partial charge is 0.444 e. The first kappa shape index (κ1) is 21.2. The monoisotopic (exact) mass is 395 g/mol. The maximum absolute atomic E-state index is 12.3. The zero-order chi connectivity index (χ0) is 20.0. The van der Waals surface area contributed by atoms with Crippen LogP contribution in [-0.4, -0.2) is 30.1 Å². The van der Waals surface area contributed by atoms with Crippen molar-refractivity contribution in [2.24, 2.45) is 5.92 Å². The summed E-state index contributed by atoms with van der Waals surface area (Å²) in [5, 5.41) is 2.50. The van der Waals surface area contributed by atoms with Crippen LogP contribution in [0.2, 0.25) is 0 Å². The van der Waals surface area contributed by atoms with Gasteiger partial charge in [-0.1, -0.05) is 13.3 Å². The first-order valence-corrected chi connectivity index (χ1v) is 10.2. The van der Waals surface area contributed by atoms with E-state index in [1.807, 2.05) is 6.07 Å². The van der Waals surface area contributed by atoms with E-state index in [1.165, 1.54) is 28.2 Å². The molecule has 0 saturated heterocycles. The molecule has 1 atom stereocenters. The van der Waals surface area contributed by atoms with E-state index >= 15 is 0 Å². The minimum atomic E-state index is -0.586. The van der Waals surface area contributed by atoms with Gasteiger partial charge in [-0.3, -0.25) is 20.4 Å². The van der Waals surface area contributed by atoms with Crippen LogP contribution in [-0.2, 0) is 22.4 Å². The van der Waals surface area contributed by atoms with Crippen LogP contribution in [0.5, 0.6) is 0 Å². The van der Waals surface area contributed by atoms with Gasteiger partial charge in [-0.05, 0) is 57.6 Å². The van der Waals surface area contributed by atoms with Gasteiger partial charge in [-0.25, -0.2) is 4.79 Å². The molecule has 0 aromatic carbocycles. The highest BCUT2D eigenvalue weighted by atomic mass is 32.1. The normalized spacial score (nSPS) is 16.2. The highest BCUT2D eigenvalue weighted by Gasteiger charge is 2.22. The summed E-state index contributed by atoms with van der Waals surface area (Å²) in [6.45, 7) is 7.62. The summed E-state index contributed by atoms with van der Waals surface area (Å²) in [6, 6.07) is 1.94. The Bertz CT molecular complexity index is 694. The van der Waals surface area contributed by atoms with Crippen molar-refractivity contribution >= 4 is 29.2 Å². The Morgan fingerprint density at radius 1 is 1.26 bits per heavy atom. The van der Waals surface area contributed by atoms with Gasteiger partial charge in [0.25, 0.3) is 5.91 Å². The summed E-state index contributed by atoms with van der Waals surface area (Å²) in [5.41, 5.74) is 5.49. The lowest BCUT2D eigenvalue weighted by Gasteiger charge is -2.19. The standard InChI is InChI=1S/C19H29N3O4S/c1-5-12-6-7-14-13(10-12)11-15(27-14)17(24)22-21-16(23)8-9-20-18(25)26-19(2,3)4/h11-12H,5-10H2,1-4H3,(H,20,25)(H,21,23)(H,22,24)/t12-/m1/s1. The maximum Gasteiger partial charge on any atom is 0.407 e. The Balaban J connectivity index is 1.72. The van der Waals surface area contributed by atoms with Crippen molar-refractivity contribution in [3.05, 3.63) is 21.4 Å². The molecule has 0 radical (unpaired) electrons. The van der Waals surface area contributed by atoms with Crippen molar-refractivity contribution in [3.63, 3.8) is 0 Å². The van der Waals surface area contributed by atoms with Crippen molar-refractivity contribution in [2.75, 3.05) is 6.54 Å². The molecule has 1 heterocycles. The van der Waals surface area contributed by atoms with Gasteiger partial charge in [0.2, 0.25) is 5.91 Å². The van der Waals surface area contributed by atoms with E-state index < -0.39 is 11.7 Å². The van der Waals surface area contributed by atoms with Crippen molar-refractivity contribution in [1.29, 1.82) is 0 Å².